The average Bonchev–Trinajstić information content (AvgIpc) is 3.04. The van der Waals surface area contributed by atoms with E-state index in [1.807, 2.05) is 10.3 Å². The van der Waals surface area contributed by atoms with Gasteiger partial charge in [0.15, 0.2) is 0 Å². The van der Waals surface area contributed by atoms with Crippen molar-refractivity contribution in [3.8, 4) is 0 Å². The van der Waals surface area contributed by atoms with Crippen LogP contribution in [-0.4, -0.2) is 26.3 Å². The van der Waals surface area contributed by atoms with Crippen molar-refractivity contribution < 1.29 is 18.0 Å². The first-order valence-electron chi connectivity index (χ1n) is 5.26. The highest BCUT2D eigenvalue weighted by molar-refractivity contribution is 7.91. The second-order valence-electron chi connectivity index (χ2n) is 3.87. The maximum Gasteiger partial charge on any atom is 0.324 e. The average molecular weight is 324 g/mol. The van der Waals surface area contributed by atoms with Crippen molar-refractivity contribution in [3.05, 3.63) is 16.5 Å². The minimum atomic E-state index is -3.91. The second-order valence-corrected chi connectivity index (χ2v) is 7.49. The van der Waals surface area contributed by atoms with Gasteiger partial charge in [-0.05, 0) is 25.0 Å². The predicted molar refractivity (Wildman–Crippen MR) is 69.0 cm³/mol. The quantitative estimate of drug-likeness (QED) is 0.535. The second kappa shape index (κ2) is 5.45. The maximum atomic E-state index is 11.7. The summed E-state index contributed by atoms with van der Waals surface area (Å²) in [6, 6.07) is 2.74. The summed E-state index contributed by atoms with van der Waals surface area (Å²) in [4.78, 5) is 24.4. The Balaban J connectivity index is 1.90. The molecule has 1 aliphatic carbocycles. The van der Waals surface area contributed by atoms with E-state index in [2.05, 4.69) is 5.32 Å². The summed E-state index contributed by atoms with van der Waals surface area (Å²) in [7, 11) is -3.91. The number of rotatable bonds is 4. The summed E-state index contributed by atoms with van der Waals surface area (Å²) in [5.74, 6) is -1.92. The van der Waals surface area contributed by atoms with Gasteiger partial charge in [0.05, 0.1) is 4.34 Å². The molecule has 1 aromatic heterocycles. The molecule has 10 heteroatoms. The molecule has 1 aliphatic rings. The van der Waals surface area contributed by atoms with Gasteiger partial charge in [-0.1, -0.05) is 11.6 Å². The minimum absolute atomic E-state index is 0.0194. The standard InChI is InChI=1S/C9H10ClN3O4S2/c10-6-3-4-7(18-6)19(16,17)13-12-9(15)8(14)11-5-1-2-5/h3-5,13H,1-2H2,(H,11,14)(H,12,15). The summed E-state index contributed by atoms with van der Waals surface area (Å²) in [5, 5.41) is 2.43. The summed E-state index contributed by atoms with van der Waals surface area (Å²) in [6.45, 7) is 0. The van der Waals surface area contributed by atoms with Crippen molar-refractivity contribution in [1.82, 2.24) is 15.6 Å². The normalized spacial score (nSPS) is 15.0. The van der Waals surface area contributed by atoms with Crippen molar-refractivity contribution in [2.75, 3.05) is 0 Å². The van der Waals surface area contributed by atoms with Gasteiger partial charge in [0.1, 0.15) is 4.21 Å². The zero-order valence-electron chi connectivity index (χ0n) is 9.47. The lowest BCUT2D eigenvalue weighted by atomic mass is 10.5. The van der Waals surface area contributed by atoms with Gasteiger partial charge in [0.2, 0.25) is 0 Å². The van der Waals surface area contributed by atoms with Gasteiger partial charge in [0.25, 0.3) is 10.0 Å². The molecule has 2 amide bonds. The van der Waals surface area contributed by atoms with Gasteiger partial charge >= 0.3 is 11.8 Å². The molecule has 1 fully saturated rings. The molecule has 1 aromatic rings. The fourth-order valence-electron chi connectivity index (χ4n) is 1.14. The zero-order chi connectivity index (χ0) is 14.0. The van der Waals surface area contributed by atoms with Crippen LogP contribution in [0.5, 0.6) is 0 Å². The molecule has 0 spiro atoms. The number of hydrogen-bond acceptors (Lipinski definition) is 5. The Labute approximate surface area is 118 Å². The Morgan fingerprint density at radius 2 is 1.95 bits per heavy atom. The lowest BCUT2D eigenvalue weighted by Gasteiger charge is -2.06. The van der Waals surface area contributed by atoms with Crippen molar-refractivity contribution in [2.45, 2.75) is 23.1 Å². The van der Waals surface area contributed by atoms with Crippen LogP contribution in [0.4, 0.5) is 0 Å². The smallest absolute Gasteiger partial charge is 0.324 e. The number of amides is 2. The Morgan fingerprint density at radius 1 is 1.26 bits per heavy atom. The predicted octanol–water partition coefficient (Wildman–Crippen LogP) is -0.0104. The summed E-state index contributed by atoms with van der Waals surface area (Å²) in [5.41, 5.74) is 1.84. The largest absolute Gasteiger partial charge is 0.345 e. The third-order valence-electron chi connectivity index (χ3n) is 2.23. The molecule has 0 radical (unpaired) electrons. The van der Waals surface area contributed by atoms with Crippen molar-refractivity contribution in [2.24, 2.45) is 0 Å². The van der Waals surface area contributed by atoms with Gasteiger partial charge in [-0.2, -0.15) is 0 Å². The Kier molecular flexibility index (Phi) is 4.09. The van der Waals surface area contributed by atoms with Crippen LogP contribution in [0.1, 0.15) is 12.8 Å². The lowest BCUT2D eigenvalue weighted by molar-refractivity contribution is -0.139. The van der Waals surface area contributed by atoms with E-state index >= 15 is 0 Å². The van der Waals surface area contributed by atoms with E-state index in [1.54, 1.807) is 0 Å². The van der Waals surface area contributed by atoms with E-state index in [9.17, 15) is 18.0 Å². The van der Waals surface area contributed by atoms with Crippen molar-refractivity contribution >= 4 is 44.8 Å². The van der Waals surface area contributed by atoms with Crippen LogP contribution < -0.4 is 15.6 Å². The van der Waals surface area contributed by atoms with Gasteiger partial charge in [-0.3, -0.25) is 15.0 Å². The van der Waals surface area contributed by atoms with E-state index in [0.29, 0.717) is 4.34 Å². The third-order valence-corrected chi connectivity index (χ3v) is 5.20. The highest BCUT2D eigenvalue weighted by Gasteiger charge is 2.27. The van der Waals surface area contributed by atoms with Gasteiger partial charge in [0, 0.05) is 6.04 Å². The lowest BCUT2D eigenvalue weighted by Crippen LogP contribution is -2.48. The summed E-state index contributed by atoms with van der Waals surface area (Å²) >= 11 is 6.46. The van der Waals surface area contributed by atoms with E-state index < -0.39 is 21.8 Å². The SMILES string of the molecule is O=C(NNS(=O)(=O)c1ccc(Cl)s1)C(=O)NC1CC1. The number of hydrazine groups is 1. The van der Waals surface area contributed by atoms with Crippen molar-refractivity contribution in [3.63, 3.8) is 0 Å². The topological polar surface area (TPSA) is 104 Å². The molecule has 0 unspecified atom stereocenters. The molecular formula is C9H10ClN3O4S2. The number of carbonyl (C=O) groups is 2. The highest BCUT2D eigenvalue weighted by Crippen LogP contribution is 2.24. The number of nitrogens with one attached hydrogen (secondary N) is 3. The number of hydrogen-bond donors (Lipinski definition) is 3. The van der Waals surface area contributed by atoms with Crippen LogP contribution in [0.3, 0.4) is 0 Å². The monoisotopic (exact) mass is 323 g/mol. The van der Waals surface area contributed by atoms with Crippen molar-refractivity contribution in [1.29, 1.82) is 0 Å². The summed E-state index contributed by atoms with van der Waals surface area (Å²) in [6.07, 6.45) is 1.66. The molecule has 0 bridgehead atoms. The molecule has 7 nitrogen and oxygen atoms in total. The number of carbonyl (C=O) groups excluding carboxylic acids is 2. The molecule has 0 atom stereocenters. The Bertz CT molecular complexity index is 609. The Hall–Kier alpha value is -1.16. The molecule has 19 heavy (non-hydrogen) atoms. The van der Waals surface area contributed by atoms with E-state index in [0.717, 1.165) is 24.2 Å². The van der Waals surface area contributed by atoms with E-state index in [1.165, 1.54) is 12.1 Å². The van der Waals surface area contributed by atoms with Crippen LogP contribution in [-0.2, 0) is 19.6 Å². The summed E-state index contributed by atoms with van der Waals surface area (Å²) < 4.78 is 23.7. The van der Waals surface area contributed by atoms with E-state index in [-0.39, 0.29) is 10.3 Å². The van der Waals surface area contributed by atoms with Crippen LogP contribution >= 0.6 is 22.9 Å². The molecule has 3 N–H and O–H groups in total. The molecule has 1 saturated carbocycles. The molecule has 2 rings (SSSR count). The fraction of sp³-hybridized carbons (Fsp3) is 0.333. The van der Waals surface area contributed by atoms with E-state index in [4.69, 9.17) is 11.6 Å². The molecular weight excluding hydrogens is 314 g/mol. The molecule has 0 saturated heterocycles. The zero-order valence-corrected chi connectivity index (χ0v) is 11.9. The van der Waals surface area contributed by atoms with Crippen LogP contribution in [0.25, 0.3) is 0 Å². The van der Waals surface area contributed by atoms with Crippen LogP contribution in [0, 0.1) is 0 Å². The van der Waals surface area contributed by atoms with Crippen LogP contribution in [0.15, 0.2) is 16.3 Å². The first kappa shape index (κ1) is 14.3. The minimum Gasteiger partial charge on any atom is -0.345 e. The first-order valence-corrected chi connectivity index (χ1v) is 7.94. The molecule has 0 aliphatic heterocycles. The van der Waals surface area contributed by atoms with Gasteiger partial charge < -0.3 is 5.32 Å². The van der Waals surface area contributed by atoms with Gasteiger partial charge in [-0.15, -0.1) is 16.2 Å². The highest BCUT2D eigenvalue weighted by atomic mass is 35.5. The Morgan fingerprint density at radius 3 is 2.47 bits per heavy atom. The molecule has 1 heterocycles. The van der Waals surface area contributed by atoms with Crippen LogP contribution in [0.2, 0.25) is 4.34 Å². The number of sulfonamides is 1. The number of halogens is 1. The number of thiophene rings is 1. The fourth-order valence-corrected chi connectivity index (χ4v) is 3.46. The molecule has 0 aromatic carbocycles. The molecule has 104 valence electrons. The maximum absolute atomic E-state index is 11.7. The van der Waals surface area contributed by atoms with Gasteiger partial charge in [-0.25, -0.2) is 8.42 Å². The first-order chi connectivity index (χ1) is 8.88. The third kappa shape index (κ3) is 3.90.